The van der Waals surface area contributed by atoms with Gasteiger partial charge in [0.25, 0.3) is 0 Å². The second-order valence-corrected chi connectivity index (χ2v) is 23.9. The Labute approximate surface area is 341 Å². The molecule has 0 unspecified atom stereocenters. The van der Waals surface area contributed by atoms with E-state index in [0.717, 1.165) is 53.6 Å². The Hall–Kier alpha value is -2.11. The van der Waals surface area contributed by atoms with Crippen molar-refractivity contribution >= 4 is 50.6 Å². The van der Waals surface area contributed by atoms with Crippen LogP contribution in [0.3, 0.4) is 0 Å². The van der Waals surface area contributed by atoms with Crippen molar-refractivity contribution in [1.29, 1.82) is 0 Å². The van der Waals surface area contributed by atoms with Gasteiger partial charge in [0.2, 0.25) is 0 Å². The van der Waals surface area contributed by atoms with Crippen molar-refractivity contribution in [3.05, 3.63) is 71.6 Å². The molecule has 0 saturated heterocycles. The van der Waals surface area contributed by atoms with E-state index in [4.69, 9.17) is 4.98 Å². The van der Waals surface area contributed by atoms with E-state index in [1.165, 1.54) is 64.6 Å². The number of thiophene rings is 1. The van der Waals surface area contributed by atoms with E-state index >= 15 is 0 Å². The van der Waals surface area contributed by atoms with Gasteiger partial charge in [-0.2, -0.15) is 11.3 Å². The van der Waals surface area contributed by atoms with E-state index in [2.05, 4.69) is 109 Å². The monoisotopic (exact) mass is 931 g/mol. The molecule has 4 aromatic rings. The summed E-state index contributed by atoms with van der Waals surface area (Å²) in [6, 6.07) is 17.2. The van der Waals surface area contributed by atoms with E-state index in [1.807, 2.05) is 33.9 Å². The number of aryl methyl sites for hydroxylation is 1. The minimum absolute atomic E-state index is 0. The van der Waals surface area contributed by atoms with Crippen molar-refractivity contribution < 1.29 is 30.0 Å². The van der Waals surface area contributed by atoms with Crippen LogP contribution >= 0.6 is 11.3 Å². The number of fused-ring (bicyclic) bond motifs is 2. The van der Waals surface area contributed by atoms with Crippen LogP contribution in [0.2, 0.25) is 16.6 Å². The molecule has 0 spiro atoms. The predicted octanol–water partition coefficient (Wildman–Crippen LogP) is 14.2. The number of aromatic nitrogens is 1. The summed E-state index contributed by atoms with van der Waals surface area (Å²) in [6.45, 7) is 27.6. The summed E-state index contributed by atoms with van der Waals surface area (Å²) in [6.07, 6.45) is 14.0. The van der Waals surface area contributed by atoms with Crippen LogP contribution in [-0.4, -0.2) is 23.9 Å². The summed E-state index contributed by atoms with van der Waals surface area (Å²) in [4.78, 5) is 16.8. The van der Waals surface area contributed by atoms with Crippen LogP contribution in [0, 0.1) is 24.8 Å². The van der Waals surface area contributed by atoms with Crippen LogP contribution in [0.1, 0.15) is 145 Å². The zero-order valence-electron chi connectivity index (χ0n) is 34.9. The maximum Gasteiger partial charge on any atom is 0.162 e. The molecule has 1 fully saturated rings. The predicted molar refractivity (Wildman–Crippen MR) is 231 cm³/mol. The fourth-order valence-corrected chi connectivity index (χ4v) is 20.2. The van der Waals surface area contributed by atoms with Crippen molar-refractivity contribution in [3.8, 4) is 11.3 Å². The normalized spacial score (nSPS) is 14.7. The molecule has 293 valence electrons. The van der Waals surface area contributed by atoms with Gasteiger partial charge in [0.05, 0.1) is 5.76 Å². The van der Waals surface area contributed by atoms with Gasteiger partial charge in [-0.15, -0.1) is 29.1 Å². The van der Waals surface area contributed by atoms with Crippen LogP contribution in [0.5, 0.6) is 0 Å². The summed E-state index contributed by atoms with van der Waals surface area (Å²) >= 11 is 2.10. The van der Waals surface area contributed by atoms with E-state index in [-0.39, 0.29) is 48.9 Å². The van der Waals surface area contributed by atoms with Crippen LogP contribution in [0.25, 0.3) is 32.1 Å². The average molecular weight is 931 g/mol. The van der Waals surface area contributed by atoms with Crippen LogP contribution in [0.4, 0.5) is 0 Å². The molecule has 0 amide bonds. The summed E-state index contributed by atoms with van der Waals surface area (Å²) < 4.78 is 3.13. The number of allylic oxidation sites excluding steroid dienone is 2. The summed E-state index contributed by atoms with van der Waals surface area (Å²) in [5.41, 5.74) is 7.58. The zero-order valence-corrected chi connectivity index (χ0v) is 39.1. The first-order valence-electron chi connectivity index (χ1n) is 20.5. The third kappa shape index (κ3) is 9.65. The average Bonchev–Trinajstić information content (AvgIpc) is 3.45. The molecule has 53 heavy (non-hydrogen) atoms. The molecule has 6 heteroatoms. The fraction of sp³-hybridized carbons (Fsp3) is 0.574. The molecule has 5 rings (SSSR count). The number of hydrogen-bond acceptors (Lipinski definition) is 4. The number of carbonyl (C=O) groups is 1. The quantitative estimate of drug-likeness (QED) is 0.0666. The standard InChI is InChI=1S/C34H44NSSi.C13H24O2.Ir/c1-22(2)37(23(3)4,27-15-10-9-11-16-27)33-24(5)28-18-19-35-31(32(28)36-33)26-20-25-14-12-13-17-29(25)30(21-26)34(6,7)8;1-5-10(6-2)12(14)9-13(15)11(7-3)8-4;/h12-14,17-19,21-23,27H,9-11,15-16H2,1-8H3;9-11,14H,5-8H2,1-4H3;/q-1;;/b;12-9-;. The van der Waals surface area contributed by atoms with Crippen molar-refractivity contribution in [2.45, 2.75) is 163 Å². The van der Waals surface area contributed by atoms with E-state index in [0.29, 0.717) is 0 Å². The number of carbonyl (C=O) groups excluding carboxylic acids is 1. The molecule has 0 aliphatic heterocycles. The minimum atomic E-state index is -1.78. The van der Waals surface area contributed by atoms with Gasteiger partial charge >= 0.3 is 0 Å². The van der Waals surface area contributed by atoms with Gasteiger partial charge in [-0.3, -0.25) is 9.78 Å². The van der Waals surface area contributed by atoms with Crippen molar-refractivity contribution in [2.75, 3.05) is 0 Å². The Morgan fingerprint density at radius 1 is 0.925 bits per heavy atom. The maximum atomic E-state index is 11.7. The molecule has 1 aliphatic rings. The van der Waals surface area contributed by atoms with Crippen LogP contribution in [-0.2, 0) is 30.3 Å². The second-order valence-electron chi connectivity index (χ2n) is 17.1. The molecule has 3 nitrogen and oxygen atoms in total. The number of pyridine rings is 1. The summed E-state index contributed by atoms with van der Waals surface area (Å²) in [5.74, 6) is 0.547. The van der Waals surface area contributed by atoms with Crippen molar-refractivity contribution in [2.24, 2.45) is 11.8 Å². The zero-order chi connectivity index (χ0) is 38.4. The molecular weight excluding hydrogens is 863 g/mol. The number of rotatable bonds is 12. The first-order valence-corrected chi connectivity index (χ1v) is 23.5. The molecular formula is C47H68IrNO2SSi-. The molecule has 2 heterocycles. The third-order valence-electron chi connectivity index (χ3n) is 12.4. The van der Waals surface area contributed by atoms with Gasteiger partial charge < -0.3 is 5.11 Å². The number of aliphatic hydroxyl groups excluding tert-OH is 1. The molecule has 2 aromatic heterocycles. The topological polar surface area (TPSA) is 50.2 Å². The first-order chi connectivity index (χ1) is 24.7. The maximum absolute atomic E-state index is 11.7. The Kier molecular flexibility index (Phi) is 16.8. The number of benzene rings is 2. The third-order valence-corrected chi connectivity index (χ3v) is 21.8. The smallest absolute Gasteiger partial charge is 0.162 e. The van der Waals surface area contributed by atoms with Gasteiger partial charge in [0, 0.05) is 54.6 Å². The Morgan fingerprint density at radius 3 is 2.06 bits per heavy atom. The van der Waals surface area contributed by atoms with Crippen molar-refractivity contribution in [3.63, 3.8) is 0 Å². The first kappa shape index (κ1) is 45.3. The van der Waals surface area contributed by atoms with Crippen LogP contribution < -0.4 is 4.50 Å². The van der Waals surface area contributed by atoms with E-state index in [9.17, 15) is 9.90 Å². The second kappa shape index (κ2) is 19.7. The van der Waals surface area contributed by atoms with Gasteiger partial charge in [0.1, 0.15) is 8.07 Å². The SMILES string of the molecule is CCC(CC)C(=O)/C=C(\O)C(CC)CC.Cc1c([Si](C(C)C)(C(C)C)C2CCCCC2)sc2c(-c3[c-]c4ccccc4c(C(C)(C)C)c3)nccc12.[Ir]. The van der Waals surface area contributed by atoms with Crippen LogP contribution in [0.15, 0.2) is 54.4 Å². The number of ketones is 1. The Bertz CT molecular complexity index is 1810. The fourth-order valence-electron chi connectivity index (χ4n) is 9.41. The van der Waals surface area contributed by atoms with Gasteiger partial charge in [0.15, 0.2) is 5.78 Å². The molecule has 2 aromatic carbocycles. The molecule has 1 radical (unpaired) electrons. The van der Waals surface area contributed by atoms with Gasteiger partial charge in [-0.05, 0) is 76.2 Å². The Balaban J connectivity index is 0.000000403. The van der Waals surface area contributed by atoms with Gasteiger partial charge in [-0.25, -0.2) is 0 Å². The molecule has 0 atom stereocenters. The van der Waals surface area contributed by atoms with Gasteiger partial charge in [-0.1, -0.05) is 137 Å². The molecule has 1 aliphatic carbocycles. The number of aliphatic hydroxyl groups is 1. The summed E-state index contributed by atoms with van der Waals surface area (Å²) in [7, 11) is -1.78. The number of nitrogens with zero attached hydrogens (tertiary/aromatic N) is 1. The summed E-state index contributed by atoms with van der Waals surface area (Å²) in [5, 5.41) is 13.7. The van der Waals surface area contributed by atoms with E-state index < -0.39 is 8.07 Å². The number of hydrogen-bond donors (Lipinski definition) is 1. The Morgan fingerprint density at radius 2 is 1.51 bits per heavy atom. The molecule has 1 saturated carbocycles. The largest absolute Gasteiger partial charge is 0.512 e. The molecule has 1 N–H and O–H groups in total. The van der Waals surface area contributed by atoms with Crippen molar-refractivity contribution in [1.82, 2.24) is 4.98 Å². The minimum Gasteiger partial charge on any atom is -0.512 e. The van der Waals surface area contributed by atoms with E-state index in [1.54, 1.807) is 10.1 Å². The molecule has 0 bridgehead atoms.